The Bertz CT molecular complexity index is 708. The SMILES string of the molecule is NC1=NC2(CCCCC2)N(c2cccc(C(F)(F)F)c2Cl)C(N)=N1. The lowest BCUT2D eigenvalue weighted by molar-refractivity contribution is -0.137. The summed E-state index contributed by atoms with van der Waals surface area (Å²) >= 11 is 6.08. The van der Waals surface area contributed by atoms with Gasteiger partial charge in [0.15, 0.2) is 0 Å². The van der Waals surface area contributed by atoms with Crippen LogP contribution in [0.15, 0.2) is 28.2 Å². The van der Waals surface area contributed by atoms with Crippen LogP contribution in [0.5, 0.6) is 0 Å². The molecule has 1 aromatic carbocycles. The van der Waals surface area contributed by atoms with Gasteiger partial charge in [0.05, 0.1) is 16.3 Å². The average Bonchev–Trinajstić information content (AvgIpc) is 2.47. The molecule has 24 heavy (non-hydrogen) atoms. The maximum absolute atomic E-state index is 13.2. The van der Waals surface area contributed by atoms with E-state index in [1.165, 1.54) is 17.0 Å². The van der Waals surface area contributed by atoms with Crippen LogP contribution in [-0.4, -0.2) is 17.6 Å². The number of halogens is 4. The summed E-state index contributed by atoms with van der Waals surface area (Å²) in [6, 6.07) is 3.73. The van der Waals surface area contributed by atoms with E-state index in [9.17, 15) is 13.2 Å². The molecule has 5 nitrogen and oxygen atoms in total. The number of nitrogens with two attached hydrogens (primary N) is 2. The number of nitrogens with zero attached hydrogens (tertiary/aromatic N) is 3. The standard InChI is InChI=1S/C15H17ClF3N5/c16-11-9(15(17,18)19)5-4-6-10(11)24-13(21)22-12(20)23-14(24)7-2-1-3-8-14/h4-6H,1-3,7-8H2,(H4,20,21,22,23). The molecule has 1 aliphatic carbocycles. The van der Waals surface area contributed by atoms with Crippen molar-refractivity contribution in [3.05, 3.63) is 28.8 Å². The molecule has 1 aliphatic heterocycles. The highest BCUT2D eigenvalue weighted by Crippen LogP contribution is 2.45. The van der Waals surface area contributed by atoms with Crippen molar-refractivity contribution >= 4 is 29.2 Å². The number of hydrogen-bond acceptors (Lipinski definition) is 5. The first-order valence-electron chi connectivity index (χ1n) is 7.60. The van der Waals surface area contributed by atoms with Gasteiger partial charge in [0.1, 0.15) is 5.66 Å². The lowest BCUT2D eigenvalue weighted by Crippen LogP contribution is -2.58. The Hall–Kier alpha value is -1.96. The zero-order chi connectivity index (χ0) is 17.5. The molecule has 0 radical (unpaired) electrons. The first-order chi connectivity index (χ1) is 11.2. The van der Waals surface area contributed by atoms with Crippen molar-refractivity contribution in [1.82, 2.24) is 0 Å². The highest BCUT2D eigenvalue weighted by atomic mass is 35.5. The number of hydrogen-bond donors (Lipinski definition) is 2. The Labute approximate surface area is 142 Å². The summed E-state index contributed by atoms with van der Waals surface area (Å²) in [5.74, 6) is 0.0411. The molecule has 0 atom stereocenters. The number of alkyl halides is 3. The third-order valence-corrected chi connectivity index (χ3v) is 4.77. The quantitative estimate of drug-likeness (QED) is 0.805. The molecule has 1 aromatic rings. The number of rotatable bonds is 1. The van der Waals surface area contributed by atoms with E-state index in [0.29, 0.717) is 12.8 Å². The number of benzene rings is 1. The van der Waals surface area contributed by atoms with Crippen LogP contribution in [0.4, 0.5) is 18.9 Å². The molecule has 130 valence electrons. The van der Waals surface area contributed by atoms with Crippen LogP contribution in [0.3, 0.4) is 0 Å². The zero-order valence-corrected chi connectivity index (χ0v) is 13.5. The Morgan fingerprint density at radius 3 is 2.42 bits per heavy atom. The zero-order valence-electron chi connectivity index (χ0n) is 12.8. The molecule has 9 heteroatoms. The van der Waals surface area contributed by atoms with Gasteiger partial charge in [-0.15, -0.1) is 0 Å². The summed E-state index contributed by atoms with van der Waals surface area (Å²) in [5.41, 5.74) is 10.2. The molecule has 0 aromatic heterocycles. The lowest BCUT2D eigenvalue weighted by Gasteiger charge is -2.46. The molecule has 0 unspecified atom stereocenters. The molecule has 0 saturated heterocycles. The smallest absolute Gasteiger partial charge is 0.369 e. The number of aliphatic imine (C=N–C) groups is 2. The van der Waals surface area contributed by atoms with Gasteiger partial charge in [-0.2, -0.15) is 18.2 Å². The molecule has 0 bridgehead atoms. The highest BCUT2D eigenvalue weighted by molar-refractivity contribution is 6.35. The van der Waals surface area contributed by atoms with E-state index in [1.807, 2.05) is 0 Å². The van der Waals surface area contributed by atoms with Crippen LogP contribution < -0.4 is 16.4 Å². The van der Waals surface area contributed by atoms with E-state index in [1.54, 1.807) is 0 Å². The monoisotopic (exact) mass is 359 g/mol. The summed E-state index contributed by atoms with van der Waals surface area (Å²) in [6.45, 7) is 0. The largest absolute Gasteiger partial charge is 0.417 e. The Kier molecular flexibility index (Phi) is 4.11. The predicted octanol–water partition coefficient (Wildman–Crippen LogP) is 3.47. The molecule has 4 N–H and O–H groups in total. The Balaban J connectivity index is 2.15. The van der Waals surface area contributed by atoms with Crippen molar-refractivity contribution in [2.75, 3.05) is 4.90 Å². The summed E-state index contributed by atoms with van der Waals surface area (Å²) in [5, 5.41) is -0.413. The van der Waals surface area contributed by atoms with Gasteiger partial charge in [0, 0.05) is 0 Å². The molecule has 3 rings (SSSR count). The van der Waals surface area contributed by atoms with Gasteiger partial charge < -0.3 is 11.5 Å². The van der Waals surface area contributed by atoms with Crippen molar-refractivity contribution in [1.29, 1.82) is 0 Å². The van der Waals surface area contributed by atoms with Crippen LogP contribution >= 0.6 is 11.6 Å². The highest BCUT2D eigenvalue weighted by Gasteiger charge is 2.44. The van der Waals surface area contributed by atoms with Gasteiger partial charge in [-0.05, 0) is 37.8 Å². The maximum Gasteiger partial charge on any atom is 0.417 e. The minimum atomic E-state index is -4.56. The van der Waals surface area contributed by atoms with Gasteiger partial charge in [-0.25, -0.2) is 4.99 Å². The first kappa shape index (κ1) is 16.9. The van der Waals surface area contributed by atoms with Gasteiger partial charge in [-0.3, -0.25) is 4.90 Å². The maximum atomic E-state index is 13.2. The fourth-order valence-electron chi connectivity index (χ4n) is 3.38. The van der Waals surface area contributed by atoms with Gasteiger partial charge >= 0.3 is 6.18 Å². The molecule has 1 saturated carbocycles. The topological polar surface area (TPSA) is 80.0 Å². The lowest BCUT2D eigenvalue weighted by atomic mass is 9.87. The number of anilines is 1. The second-order valence-electron chi connectivity index (χ2n) is 5.95. The van der Waals surface area contributed by atoms with Gasteiger partial charge in [0.25, 0.3) is 0 Å². The third-order valence-electron chi connectivity index (χ3n) is 4.38. The fourth-order valence-corrected chi connectivity index (χ4v) is 3.70. The average molecular weight is 360 g/mol. The molecular weight excluding hydrogens is 343 g/mol. The van der Waals surface area contributed by atoms with Crippen molar-refractivity contribution in [3.63, 3.8) is 0 Å². The van der Waals surface area contributed by atoms with E-state index in [0.717, 1.165) is 25.3 Å². The van der Waals surface area contributed by atoms with Gasteiger partial charge in [0.2, 0.25) is 11.9 Å². The minimum absolute atomic E-state index is 0.00521. The van der Waals surface area contributed by atoms with Crippen LogP contribution in [0.2, 0.25) is 5.02 Å². The fraction of sp³-hybridized carbons (Fsp3) is 0.467. The van der Waals surface area contributed by atoms with Crippen LogP contribution in [0.1, 0.15) is 37.7 Å². The molecule has 0 amide bonds. The molecule has 1 fully saturated rings. The van der Waals surface area contributed by atoms with E-state index < -0.39 is 22.4 Å². The van der Waals surface area contributed by atoms with E-state index in [-0.39, 0.29) is 17.6 Å². The third kappa shape index (κ3) is 2.79. The van der Waals surface area contributed by atoms with Crippen LogP contribution in [0.25, 0.3) is 0 Å². The summed E-state index contributed by atoms with van der Waals surface area (Å²) in [7, 11) is 0. The van der Waals surface area contributed by atoms with Crippen molar-refractivity contribution in [2.24, 2.45) is 21.5 Å². The van der Waals surface area contributed by atoms with Crippen molar-refractivity contribution in [2.45, 2.75) is 43.9 Å². The molecular formula is C15H17ClF3N5. The van der Waals surface area contributed by atoms with E-state index >= 15 is 0 Å². The molecule has 2 aliphatic rings. The predicted molar refractivity (Wildman–Crippen MR) is 88.0 cm³/mol. The normalized spacial score (nSPS) is 20.8. The van der Waals surface area contributed by atoms with Crippen molar-refractivity contribution in [3.8, 4) is 0 Å². The van der Waals surface area contributed by atoms with Crippen molar-refractivity contribution < 1.29 is 13.2 Å². The summed E-state index contributed by atoms with van der Waals surface area (Å²) in [4.78, 5) is 9.86. The molecule has 1 heterocycles. The van der Waals surface area contributed by atoms with Crippen LogP contribution in [-0.2, 0) is 6.18 Å². The van der Waals surface area contributed by atoms with E-state index in [2.05, 4.69) is 9.98 Å². The van der Waals surface area contributed by atoms with Crippen LogP contribution in [0, 0.1) is 0 Å². The number of guanidine groups is 2. The minimum Gasteiger partial charge on any atom is -0.369 e. The Morgan fingerprint density at radius 1 is 1.12 bits per heavy atom. The second-order valence-corrected chi connectivity index (χ2v) is 6.33. The Morgan fingerprint density at radius 2 is 1.79 bits per heavy atom. The molecule has 1 spiro atoms. The first-order valence-corrected chi connectivity index (χ1v) is 7.98. The summed E-state index contributed by atoms with van der Waals surface area (Å²) in [6.07, 6.45) is -0.545. The van der Waals surface area contributed by atoms with E-state index in [4.69, 9.17) is 23.1 Å². The van der Waals surface area contributed by atoms with Gasteiger partial charge in [-0.1, -0.05) is 24.1 Å². The second kappa shape index (κ2) is 5.84. The summed E-state index contributed by atoms with van der Waals surface area (Å²) < 4.78 is 39.5.